The van der Waals surface area contributed by atoms with Gasteiger partial charge in [0.05, 0.1) is 25.9 Å². The number of hydrogen-bond acceptors (Lipinski definition) is 5. The van der Waals surface area contributed by atoms with Crippen molar-refractivity contribution < 1.29 is 31.8 Å². The van der Waals surface area contributed by atoms with Gasteiger partial charge in [0.25, 0.3) is 18.8 Å². The maximum absolute atomic E-state index is 13.5. The molecule has 4 rings (SSSR count). The van der Waals surface area contributed by atoms with Crippen LogP contribution >= 0.6 is 12.2 Å². The van der Waals surface area contributed by atoms with Crippen molar-refractivity contribution in [2.75, 3.05) is 18.6 Å². The lowest BCUT2D eigenvalue weighted by atomic mass is 10.1. The van der Waals surface area contributed by atoms with Crippen LogP contribution < -0.4 is 19.7 Å². The molecule has 0 saturated carbocycles. The molecule has 1 aliphatic rings. The Kier molecular flexibility index (Phi) is 7.77. The van der Waals surface area contributed by atoms with E-state index in [-0.39, 0.29) is 17.4 Å². The average molecular weight is 535 g/mol. The topological polar surface area (TPSA) is 68.6 Å². The van der Waals surface area contributed by atoms with Gasteiger partial charge in [-0.2, -0.15) is 5.10 Å². The molecule has 2 aromatic carbocycles. The summed E-state index contributed by atoms with van der Waals surface area (Å²) >= 11 is 5.38. The normalized spacial score (nSPS) is 14.7. The molecular formula is C25H22F4N4O3S. The number of aromatic nitrogens is 2. The Bertz CT molecular complexity index is 1360. The molecule has 1 N–H and O–H groups in total. The van der Waals surface area contributed by atoms with Crippen LogP contribution in [0.5, 0.6) is 11.5 Å². The second-order valence-corrected chi connectivity index (χ2v) is 8.24. The van der Waals surface area contributed by atoms with Crippen LogP contribution in [0.4, 0.5) is 23.2 Å². The van der Waals surface area contributed by atoms with Crippen LogP contribution in [0.25, 0.3) is 6.08 Å². The maximum atomic E-state index is 13.5. The Morgan fingerprint density at radius 1 is 1.08 bits per heavy atom. The predicted molar refractivity (Wildman–Crippen MR) is 133 cm³/mol. The number of halogens is 4. The lowest BCUT2D eigenvalue weighted by Crippen LogP contribution is -2.30. The van der Waals surface area contributed by atoms with Gasteiger partial charge in [-0.15, -0.1) is 0 Å². The second kappa shape index (κ2) is 11.0. The molecule has 37 heavy (non-hydrogen) atoms. The minimum atomic E-state index is -3.00. The van der Waals surface area contributed by atoms with E-state index in [4.69, 9.17) is 21.7 Å². The summed E-state index contributed by atoms with van der Waals surface area (Å²) in [7, 11) is 1.40. The number of anilines is 1. The molecule has 0 bridgehead atoms. The fourth-order valence-electron chi connectivity index (χ4n) is 3.87. The first-order valence-corrected chi connectivity index (χ1v) is 11.5. The van der Waals surface area contributed by atoms with Crippen molar-refractivity contribution in [1.82, 2.24) is 15.1 Å². The minimum Gasteiger partial charge on any atom is -0.496 e. The number of rotatable bonds is 9. The Hall–Kier alpha value is -3.93. The van der Waals surface area contributed by atoms with Crippen LogP contribution in [0.3, 0.4) is 0 Å². The number of carbonyl (C=O) groups is 1. The Balaban J connectivity index is 1.66. The van der Waals surface area contributed by atoms with Gasteiger partial charge in [-0.1, -0.05) is 18.2 Å². The van der Waals surface area contributed by atoms with Gasteiger partial charge in [0.1, 0.15) is 28.6 Å². The molecule has 0 unspecified atom stereocenters. The largest absolute Gasteiger partial charge is 0.496 e. The smallest absolute Gasteiger partial charge is 0.282 e. The third-order valence-corrected chi connectivity index (χ3v) is 5.78. The summed E-state index contributed by atoms with van der Waals surface area (Å²) in [6.45, 7) is 1.98. The standard InChI is InChI=1S/C25H22F4N4O3S/c1-3-36-21-7-5-4-6-18(21)33-24(34)17(30-25(33)37)11-14-8-9-20(35-2)15(10-14)13-32-19(23(28)29)12-16(31-32)22(26)27/h4-12,22-23H,3,13H2,1-2H3,(H,30,37)/b17-11+. The molecule has 7 nitrogen and oxygen atoms in total. The van der Waals surface area contributed by atoms with E-state index in [0.717, 1.165) is 4.68 Å². The first kappa shape index (κ1) is 26.1. The summed E-state index contributed by atoms with van der Waals surface area (Å²) in [6.07, 6.45) is -4.44. The van der Waals surface area contributed by atoms with Crippen LogP contribution in [-0.2, 0) is 11.3 Å². The Morgan fingerprint density at radius 2 is 1.84 bits per heavy atom. The van der Waals surface area contributed by atoms with Gasteiger partial charge < -0.3 is 14.8 Å². The molecule has 0 spiro atoms. The first-order valence-electron chi connectivity index (χ1n) is 11.1. The third-order valence-electron chi connectivity index (χ3n) is 5.50. The fourth-order valence-corrected chi connectivity index (χ4v) is 4.17. The minimum absolute atomic E-state index is 0.162. The Labute approximate surface area is 215 Å². The summed E-state index contributed by atoms with van der Waals surface area (Å²) in [5.74, 6) is 0.417. The lowest BCUT2D eigenvalue weighted by Gasteiger charge is -2.18. The lowest BCUT2D eigenvalue weighted by molar-refractivity contribution is -0.113. The number of hydrogen-bond donors (Lipinski definition) is 1. The maximum Gasteiger partial charge on any atom is 0.282 e. The number of nitrogens with zero attached hydrogens (tertiary/aromatic N) is 3. The summed E-state index contributed by atoms with van der Waals surface area (Å²) < 4.78 is 64.8. The zero-order valence-corrected chi connectivity index (χ0v) is 20.6. The summed E-state index contributed by atoms with van der Waals surface area (Å²) in [5.41, 5.74) is 0.207. The van der Waals surface area contributed by atoms with E-state index < -0.39 is 30.1 Å². The van der Waals surface area contributed by atoms with E-state index in [0.29, 0.717) is 41.0 Å². The van der Waals surface area contributed by atoms with Crippen LogP contribution in [0.15, 0.2) is 54.2 Å². The zero-order valence-electron chi connectivity index (χ0n) is 19.8. The van der Waals surface area contributed by atoms with Crippen molar-refractivity contribution >= 4 is 35.0 Å². The molecule has 1 saturated heterocycles. The van der Waals surface area contributed by atoms with Gasteiger partial charge in [-0.25, -0.2) is 22.5 Å². The molecule has 1 amide bonds. The van der Waals surface area contributed by atoms with Crippen LogP contribution in [0.2, 0.25) is 0 Å². The van der Waals surface area contributed by atoms with Crippen molar-refractivity contribution in [3.63, 3.8) is 0 Å². The van der Waals surface area contributed by atoms with Crippen LogP contribution in [0.1, 0.15) is 42.3 Å². The zero-order chi connectivity index (χ0) is 26.7. The summed E-state index contributed by atoms with van der Waals surface area (Å²) in [5, 5.41) is 6.69. The Morgan fingerprint density at radius 3 is 2.51 bits per heavy atom. The highest BCUT2D eigenvalue weighted by Crippen LogP contribution is 2.32. The molecule has 0 aliphatic carbocycles. The number of carbonyl (C=O) groups excluding carboxylic acids is 1. The van der Waals surface area contributed by atoms with E-state index in [9.17, 15) is 22.4 Å². The van der Waals surface area contributed by atoms with Crippen molar-refractivity contribution in [3.8, 4) is 11.5 Å². The number of methoxy groups -OCH3 is 1. The number of ether oxygens (including phenoxy) is 2. The van der Waals surface area contributed by atoms with E-state index >= 15 is 0 Å². The quantitative estimate of drug-likeness (QED) is 0.223. The molecule has 2 heterocycles. The summed E-state index contributed by atoms with van der Waals surface area (Å²) in [6, 6.07) is 12.5. The molecule has 3 aromatic rings. The molecule has 1 aliphatic heterocycles. The number of thiocarbonyl (C=S) groups is 1. The number of nitrogens with one attached hydrogen (secondary N) is 1. The van der Waals surface area contributed by atoms with Gasteiger partial charge in [-0.05, 0) is 61.1 Å². The molecule has 1 fully saturated rings. The monoisotopic (exact) mass is 534 g/mol. The highest BCUT2D eigenvalue weighted by molar-refractivity contribution is 7.80. The van der Waals surface area contributed by atoms with Gasteiger partial charge >= 0.3 is 0 Å². The van der Waals surface area contributed by atoms with Gasteiger partial charge in [0.15, 0.2) is 5.11 Å². The SMILES string of the molecule is CCOc1ccccc1N1C(=O)/C(=C\c2ccc(OC)c(Cn3nc(C(F)F)cc3C(F)F)c2)NC1=S. The van der Waals surface area contributed by atoms with Crippen LogP contribution in [0, 0.1) is 0 Å². The molecule has 12 heteroatoms. The van der Waals surface area contributed by atoms with Crippen molar-refractivity contribution in [2.45, 2.75) is 26.3 Å². The van der Waals surface area contributed by atoms with E-state index in [2.05, 4.69) is 10.4 Å². The molecule has 1 aromatic heterocycles. The number of para-hydroxylation sites is 2. The summed E-state index contributed by atoms with van der Waals surface area (Å²) in [4.78, 5) is 14.5. The predicted octanol–water partition coefficient (Wildman–Crippen LogP) is 5.48. The van der Waals surface area contributed by atoms with E-state index in [1.807, 2.05) is 6.92 Å². The van der Waals surface area contributed by atoms with Crippen LogP contribution in [-0.4, -0.2) is 34.5 Å². The molecule has 194 valence electrons. The third kappa shape index (κ3) is 5.43. The molecular weight excluding hydrogens is 512 g/mol. The van der Waals surface area contributed by atoms with Gasteiger partial charge in [0, 0.05) is 5.56 Å². The molecule has 0 atom stereocenters. The highest BCUT2D eigenvalue weighted by atomic mass is 32.1. The number of amides is 1. The van der Waals surface area contributed by atoms with E-state index in [1.54, 1.807) is 48.5 Å². The number of benzene rings is 2. The average Bonchev–Trinajstić information content (AvgIpc) is 3.41. The first-order chi connectivity index (χ1) is 17.7. The highest BCUT2D eigenvalue weighted by Gasteiger charge is 2.33. The van der Waals surface area contributed by atoms with Crippen molar-refractivity contribution in [2.24, 2.45) is 0 Å². The van der Waals surface area contributed by atoms with Gasteiger partial charge in [-0.3, -0.25) is 9.48 Å². The fraction of sp³-hybridized carbons (Fsp3) is 0.240. The van der Waals surface area contributed by atoms with Crippen molar-refractivity contribution in [1.29, 1.82) is 0 Å². The second-order valence-electron chi connectivity index (χ2n) is 7.85. The van der Waals surface area contributed by atoms with E-state index in [1.165, 1.54) is 12.0 Å². The van der Waals surface area contributed by atoms with Gasteiger partial charge in [0.2, 0.25) is 0 Å². The molecule has 0 radical (unpaired) electrons. The van der Waals surface area contributed by atoms with Crippen molar-refractivity contribution in [3.05, 3.63) is 76.7 Å². The number of alkyl halides is 4.